The van der Waals surface area contributed by atoms with Crippen molar-refractivity contribution in [1.82, 2.24) is 4.90 Å². The third kappa shape index (κ3) is 4.24. The summed E-state index contributed by atoms with van der Waals surface area (Å²) in [4.78, 5) is 2.73. The predicted molar refractivity (Wildman–Crippen MR) is 80.7 cm³/mol. The normalized spacial score (nSPS) is 21.0. The number of nitrogens with two attached hydrogens (primary N) is 1. The van der Waals surface area contributed by atoms with Crippen molar-refractivity contribution in [2.45, 2.75) is 71.8 Å². The molecule has 1 aliphatic carbocycles. The molecule has 18 heavy (non-hydrogen) atoms. The number of rotatable bonds is 10. The van der Waals surface area contributed by atoms with Crippen molar-refractivity contribution in [2.75, 3.05) is 19.6 Å². The van der Waals surface area contributed by atoms with Crippen LogP contribution < -0.4 is 5.73 Å². The first-order valence-corrected chi connectivity index (χ1v) is 8.06. The van der Waals surface area contributed by atoms with Crippen LogP contribution in [0.5, 0.6) is 0 Å². The fourth-order valence-electron chi connectivity index (χ4n) is 3.05. The summed E-state index contributed by atoms with van der Waals surface area (Å²) in [5.41, 5.74) is 6.46. The van der Waals surface area contributed by atoms with Crippen molar-refractivity contribution >= 4 is 0 Å². The van der Waals surface area contributed by atoms with Crippen LogP contribution in [0.1, 0.15) is 66.2 Å². The molecule has 0 aromatic rings. The second-order valence-corrected chi connectivity index (χ2v) is 6.39. The van der Waals surface area contributed by atoms with Crippen LogP contribution in [0, 0.1) is 11.8 Å². The average molecular weight is 254 g/mol. The van der Waals surface area contributed by atoms with Crippen LogP contribution in [0.25, 0.3) is 0 Å². The van der Waals surface area contributed by atoms with Gasteiger partial charge in [0.1, 0.15) is 0 Å². The van der Waals surface area contributed by atoms with Crippen molar-refractivity contribution < 1.29 is 0 Å². The van der Waals surface area contributed by atoms with E-state index in [1.807, 2.05) is 0 Å². The van der Waals surface area contributed by atoms with E-state index in [2.05, 4.69) is 32.6 Å². The Labute approximate surface area is 114 Å². The van der Waals surface area contributed by atoms with Gasteiger partial charge in [-0.05, 0) is 50.5 Å². The summed E-state index contributed by atoms with van der Waals surface area (Å²) in [5, 5.41) is 0. The third-order valence-corrected chi connectivity index (χ3v) is 4.80. The van der Waals surface area contributed by atoms with Crippen LogP contribution in [0.3, 0.4) is 0 Å². The molecule has 0 amide bonds. The smallest absolute Gasteiger partial charge is 0.0331 e. The van der Waals surface area contributed by atoms with Gasteiger partial charge in [0.2, 0.25) is 0 Å². The lowest BCUT2D eigenvalue weighted by Gasteiger charge is -2.45. The SMILES string of the molecule is CCCN(CC1CC1)C(CC)(CN)CC(C)CC. The molecule has 0 aromatic carbocycles. The van der Waals surface area contributed by atoms with Gasteiger partial charge in [-0.15, -0.1) is 0 Å². The second-order valence-electron chi connectivity index (χ2n) is 6.39. The molecule has 1 aliphatic rings. The maximum absolute atomic E-state index is 6.21. The zero-order valence-electron chi connectivity index (χ0n) is 13.0. The van der Waals surface area contributed by atoms with E-state index in [4.69, 9.17) is 5.73 Å². The molecule has 0 aromatic heterocycles. The molecule has 2 nitrogen and oxygen atoms in total. The fraction of sp³-hybridized carbons (Fsp3) is 1.00. The van der Waals surface area contributed by atoms with Crippen LogP contribution >= 0.6 is 0 Å². The Bertz CT molecular complexity index is 219. The van der Waals surface area contributed by atoms with Crippen LogP contribution in [0.2, 0.25) is 0 Å². The van der Waals surface area contributed by atoms with Gasteiger partial charge in [0, 0.05) is 18.6 Å². The van der Waals surface area contributed by atoms with E-state index >= 15 is 0 Å². The lowest BCUT2D eigenvalue weighted by molar-refractivity contribution is 0.0608. The highest BCUT2D eigenvalue weighted by Gasteiger charge is 2.37. The molecule has 0 saturated heterocycles. The molecule has 2 N–H and O–H groups in total. The monoisotopic (exact) mass is 254 g/mol. The Kier molecular flexibility index (Phi) is 6.65. The molecule has 2 heteroatoms. The minimum atomic E-state index is 0.258. The van der Waals surface area contributed by atoms with Crippen LogP contribution in [0.4, 0.5) is 0 Å². The first-order chi connectivity index (χ1) is 8.61. The van der Waals surface area contributed by atoms with Crippen molar-refractivity contribution in [3.8, 4) is 0 Å². The lowest BCUT2D eigenvalue weighted by atomic mass is 9.82. The molecule has 1 rings (SSSR count). The highest BCUT2D eigenvalue weighted by atomic mass is 15.2. The molecule has 2 unspecified atom stereocenters. The van der Waals surface area contributed by atoms with Gasteiger partial charge < -0.3 is 5.73 Å². The van der Waals surface area contributed by atoms with Crippen LogP contribution in [0.15, 0.2) is 0 Å². The Morgan fingerprint density at radius 3 is 2.33 bits per heavy atom. The van der Waals surface area contributed by atoms with E-state index in [0.717, 1.165) is 18.4 Å². The lowest BCUT2D eigenvalue weighted by Crippen LogP contribution is -2.55. The summed E-state index contributed by atoms with van der Waals surface area (Å²) in [6.45, 7) is 12.6. The molecule has 0 spiro atoms. The molecule has 1 fully saturated rings. The van der Waals surface area contributed by atoms with Gasteiger partial charge in [-0.3, -0.25) is 4.90 Å². The van der Waals surface area contributed by atoms with E-state index < -0.39 is 0 Å². The zero-order valence-corrected chi connectivity index (χ0v) is 13.0. The van der Waals surface area contributed by atoms with Crippen LogP contribution in [-0.2, 0) is 0 Å². The topological polar surface area (TPSA) is 29.3 Å². The first kappa shape index (κ1) is 16.0. The van der Waals surface area contributed by atoms with Crippen LogP contribution in [-0.4, -0.2) is 30.1 Å². The summed E-state index contributed by atoms with van der Waals surface area (Å²) in [6.07, 6.45) is 7.85. The summed E-state index contributed by atoms with van der Waals surface area (Å²) in [5.74, 6) is 1.75. The maximum Gasteiger partial charge on any atom is 0.0331 e. The number of hydrogen-bond acceptors (Lipinski definition) is 2. The molecular weight excluding hydrogens is 220 g/mol. The van der Waals surface area contributed by atoms with E-state index in [-0.39, 0.29) is 5.54 Å². The van der Waals surface area contributed by atoms with Gasteiger partial charge in [0.25, 0.3) is 0 Å². The molecule has 0 radical (unpaired) electrons. The molecule has 0 bridgehead atoms. The Hall–Kier alpha value is -0.0800. The van der Waals surface area contributed by atoms with Crippen molar-refractivity contribution in [3.05, 3.63) is 0 Å². The van der Waals surface area contributed by atoms with Crippen molar-refractivity contribution in [1.29, 1.82) is 0 Å². The van der Waals surface area contributed by atoms with Crippen molar-refractivity contribution in [3.63, 3.8) is 0 Å². The Balaban J connectivity index is 2.74. The zero-order chi connectivity index (χ0) is 13.6. The van der Waals surface area contributed by atoms with E-state index in [1.54, 1.807) is 0 Å². The summed E-state index contributed by atoms with van der Waals surface area (Å²) in [7, 11) is 0. The number of nitrogens with zero attached hydrogens (tertiary/aromatic N) is 1. The van der Waals surface area contributed by atoms with Gasteiger partial charge in [0.05, 0.1) is 0 Å². The van der Waals surface area contributed by atoms with Crippen molar-refractivity contribution in [2.24, 2.45) is 17.6 Å². The summed E-state index contributed by atoms with van der Waals surface area (Å²) in [6, 6.07) is 0. The van der Waals surface area contributed by atoms with E-state index in [0.29, 0.717) is 0 Å². The molecule has 0 heterocycles. The maximum atomic E-state index is 6.21. The Morgan fingerprint density at radius 1 is 1.28 bits per heavy atom. The standard InChI is InChI=1S/C16H34N2/c1-5-10-18(12-15-8-9-15)16(7-3,13-17)11-14(4)6-2/h14-15H,5-13,17H2,1-4H3. The summed E-state index contributed by atoms with van der Waals surface area (Å²) >= 11 is 0. The highest BCUT2D eigenvalue weighted by Crippen LogP contribution is 2.35. The van der Waals surface area contributed by atoms with E-state index in [1.165, 1.54) is 51.6 Å². The third-order valence-electron chi connectivity index (χ3n) is 4.80. The largest absolute Gasteiger partial charge is 0.329 e. The highest BCUT2D eigenvalue weighted by molar-refractivity contribution is 4.94. The average Bonchev–Trinajstić information content (AvgIpc) is 3.19. The van der Waals surface area contributed by atoms with Gasteiger partial charge >= 0.3 is 0 Å². The first-order valence-electron chi connectivity index (χ1n) is 8.06. The minimum Gasteiger partial charge on any atom is -0.329 e. The molecule has 2 atom stereocenters. The fourth-order valence-corrected chi connectivity index (χ4v) is 3.05. The predicted octanol–water partition coefficient (Wildman–Crippen LogP) is 3.65. The molecular formula is C16H34N2. The summed E-state index contributed by atoms with van der Waals surface area (Å²) < 4.78 is 0. The van der Waals surface area contributed by atoms with Gasteiger partial charge in [-0.1, -0.05) is 34.1 Å². The minimum absolute atomic E-state index is 0.258. The molecule has 1 saturated carbocycles. The number of hydrogen-bond donors (Lipinski definition) is 1. The van der Waals surface area contributed by atoms with E-state index in [9.17, 15) is 0 Å². The Morgan fingerprint density at radius 2 is 1.94 bits per heavy atom. The van der Waals surface area contributed by atoms with Gasteiger partial charge in [-0.25, -0.2) is 0 Å². The van der Waals surface area contributed by atoms with Gasteiger partial charge in [-0.2, -0.15) is 0 Å². The molecule has 0 aliphatic heterocycles. The van der Waals surface area contributed by atoms with Gasteiger partial charge in [0.15, 0.2) is 0 Å². The second kappa shape index (κ2) is 7.49. The quantitative estimate of drug-likeness (QED) is 0.645. The molecule has 108 valence electrons.